The summed E-state index contributed by atoms with van der Waals surface area (Å²) in [4.78, 5) is 26.9. The summed E-state index contributed by atoms with van der Waals surface area (Å²) in [6.45, 7) is 8.11. The summed E-state index contributed by atoms with van der Waals surface area (Å²) in [5.74, 6) is -3.28. The Morgan fingerprint density at radius 1 is 1.15 bits per heavy atom. The lowest BCUT2D eigenvalue weighted by Crippen LogP contribution is -2.55. The first kappa shape index (κ1) is 19.9. The van der Waals surface area contributed by atoms with E-state index in [4.69, 9.17) is 4.74 Å². The highest BCUT2D eigenvalue weighted by Gasteiger charge is 2.32. The molecule has 0 saturated carbocycles. The van der Waals surface area contributed by atoms with Gasteiger partial charge in [-0.3, -0.25) is 0 Å². The van der Waals surface area contributed by atoms with Gasteiger partial charge in [-0.15, -0.1) is 0 Å². The van der Waals surface area contributed by atoms with Crippen molar-refractivity contribution in [3.05, 3.63) is 29.3 Å². The molecule has 0 N–H and O–H groups in total. The molecule has 1 aromatic carbocycles. The standard InChI is InChI=1S/C18H24F2N2O4/c1-11-10-21(8-9-22(11)17(24)26-18(2,3)4)13-7-6-12(16(23)25-5)14(19)15(13)20/h6-7,11H,8-10H2,1-5H3. The Morgan fingerprint density at radius 3 is 2.35 bits per heavy atom. The van der Waals surface area contributed by atoms with Crippen LogP contribution in [0.4, 0.5) is 19.3 Å². The van der Waals surface area contributed by atoms with E-state index in [-0.39, 0.29) is 11.7 Å². The number of ether oxygens (including phenoxy) is 2. The van der Waals surface area contributed by atoms with Crippen LogP contribution in [0, 0.1) is 11.6 Å². The minimum atomic E-state index is -1.24. The highest BCUT2D eigenvalue weighted by atomic mass is 19.2. The fourth-order valence-corrected chi connectivity index (χ4v) is 2.82. The molecule has 1 atom stereocenters. The number of halogens is 2. The molecule has 0 aliphatic carbocycles. The second-order valence-corrected chi connectivity index (χ2v) is 7.22. The number of hydrogen-bond acceptors (Lipinski definition) is 5. The van der Waals surface area contributed by atoms with Gasteiger partial charge in [-0.1, -0.05) is 0 Å². The van der Waals surface area contributed by atoms with Gasteiger partial charge in [0.2, 0.25) is 0 Å². The molecule has 2 rings (SSSR count). The van der Waals surface area contributed by atoms with Crippen molar-refractivity contribution in [2.45, 2.75) is 39.3 Å². The second-order valence-electron chi connectivity index (χ2n) is 7.22. The Morgan fingerprint density at radius 2 is 1.81 bits per heavy atom. The summed E-state index contributed by atoms with van der Waals surface area (Å²) in [5.41, 5.74) is -1.01. The third-order valence-electron chi connectivity index (χ3n) is 4.06. The van der Waals surface area contributed by atoms with E-state index < -0.39 is 34.9 Å². The van der Waals surface area contributed by atoms with Crippen molar-refractivity contribution in [1.82, 2.24) is 4.90 Å². The molecule has 1 aliphatic heterocycles. The van der Waals surface area contributed by atoms with E-state index in [1.54, 1.807) is 30.6 Å². The van der Waals surface area contributed by atoms with Crippen LogP contribution < -0.4 is 4.90 Å². The van der Waals surface area contributed by atoms with E-state index in [0.717, 1.165) is 7.11 Å². The van der Waals surface area contributed by atoms with E-state index in [0.29, 0.717) is 19.6 Å². The highest BCUT2D eigenvalue weighted by molar-refractivity contribution is 5.90. The number of carbonyl (C=O) groups is 2. The molecule has 6 nitrogen and oxygen atoms in total. The van der Waals surface area contributed by atoms with Gasteiger partial charge in [-0.25, -0.2) is 18.4 Å². The molecule has 1 aliphatic rings. The summed E-state index contributed by atoms with van der Waals surface area (Å²) < 4.78 is 38.4. The van der Waals surface area contributed by atoms with Crippen molar-refractivity contribution < 1.29 is 27.8 Å². The third kappa shape index (κ3) is 4.23. The van der Waals surface area contributed by atoms with E-state index in [9.17, 15) is 18.4 Å². The number of piperazine rings is 1. The molecule has 1 aromatic rings. The van der Waals surface area contributed by atoms with Crippen molar-refractivity contribution in [2.24, 2.45) is 0 Å². The number of methoxy groups -OCH3 is 1. The molecule has 0 bridgehead atoms. The number of esters is 1. The monoisotopic (exact) mass is 370 g/mol. The van der Waals surface area contributed by atoms with Crippen LogP contribution in [0.3, 0.4) is 0 Å². The van der Waals surface area contributed by atoms with Crippen LogP contribution in [0.2, 0.25) is 0 Å². The summed E-state index contributed by atoms with van der Waals surface area (Å²) >= 11 is 0. The molecule has 1 amide bonds. The lowest BCUT2D eigenvalue weighted by atomic mass is 10.1. The maximum absolute atomic E-state index is 14.4. The van der Waals surface area contributed by atoms with Crippen molar-refractivity contribution in [1.29, 1.82) is 0 Å². The molecule has 144 valence electrons. The molecule has 1 heterocycles. The Bertz CT molecular complexity index is 703. The topological polar surface area (TPSA) is 59.1 Å². The Labute approximate surface area is 151 Å². The van der Waals surface area contributed by atoms with Crippen molar-refractivity contribution in [3.63, 3.8) is 0 Å². The van der Waals surface area contributed by atoms with Crippen LogP contribution in [0.5, 0.6) is 0 Å². The first-order chi connectivity index (χ1) is 12.0. The van der Waals surface area contributed by atoms with Crippen molar-refractivity contribution >= 4 is 17.7 Å². The van der Waals surface area contributed by atoms with Gasteiger partial charge in [0.15, 0.2) is 11.6 Å². The van der Waals surface area contributed by atoms with Crippen LogP contribution in [0.25, 0.3) is 0 Å². The number of nitrogens with zero attached hydrogens (tertiary/aromatic N) is 2. The quantitative estimate of drug-likeness (QED) is 0.749. The second kappa shape index (κ2) is 7.47. The van der Waals surface area contributed by atoms with Crippen LogP contribution in [-0.2, 0) is 9.47 Å². The van der Waals surface area contributed by atoms with Gasteiger partial charge in [0.25, 0.3) is 0 Å². The summed E-state index contributed by atoms with van der Waals surface area (Å²) in [6, 6.07) is 2.30. The largest absolute Gasteiger partial charge is 0.465 e. The molecule has 1 fully saturated rings. The molecule has 1 unspecified atom stereocenters. The fraction of sp³-hybridized carbons (Fsp3) is 0.556. The lowest BCUT2D eigenvalue weighted by Gasteiger charge is -2.41. The Balaban J connectivity index is 2.15. The lowest BCUT2D eigenvalue weighted by molar-refractivity contribution is 0.0158. The summed E-state index contributed by atoms with van der Waals surface area (Å²) in [5, 5.41) is 0. The van der Waals surface area contributed by atoms with E-state index in [2.05, 4.69) is 4.74 Å². The van der Waals surface area contributed by atoms with Crippen LogP contribution >= 0.6 is 0 Å². The SMILES string of the molecule is COC(=O)c1ccc(N2CCN(C(=O)OC(C)(C)C)C(C)C2)c(F)c1F. The third-order valence-corrected chi connectivity index (χ3v) is 4.06. The Hall–Kier alpha value is -2.38. The molecule has 1 saturated heterocycles. The van der Waals surface area contributed by atoms with Crippen molar-refractivity contribution in [3.8, 4) is 0 Å². The van der Waals surface area contributed by atoms with Gasteiger partial charge < -0.3 is 19.3 Å². The zero-order valence-electron chi connectivity index (χ0n) is 15.6. The maximum Gasteiger partial charge on any atom is 0.410 e. The molecular formula is C18H24F2N2O4. The van der Waals surface area contributed by atoms with Gasteiger partial charge in [-0.05, 0) is 39.8 Å². The van der Waals surface area contributed by atoms with E-state index in [1.165, 1.54) is 12.1 Å². The number of carbonyl (C=O) groups excluding carboxylic acids is 2. The van der Waals surface area contributed by atoms with Crippen LogP contribution in [0.1, 0.15) is 38.1 Å². The predicted molar refractivity (Wildman–Crippen MR) is 92.3 cm³/mol. The minimum Gasteiger partial charge on any atom is -0.465 e. The maximum atomic E-state index is 14.4. The number of rotatable bonds is 2. The normalized spacial score (nSPS) is 17.9. The molecule has 8 heteroatoms. The van der Waals surface area contributed by atoms with Gasteiger partial charge in [0, 0.05) is 25.7 Å². The number of amides is 1. The number of benzene rings is 1. The zero-order chi connectivity index (χ0) is 19.6. The summed E-state index contributed by atoms with van der Waals surface area (Å²) in [7, 11) is 1.10. The molecular weight excluding hydrogens is 346 g/mol. The number of hydrogen-bond donors (Lipinski definition) is 0. The van der Waals surface area contributed by atoms with Gasteiger partial charge in [0.1, 0.15) is 5.60 Å². The van der Waals surface area contributed by atoms with Gasteiger partial charge in [0.05, 0.1) is 18.4 Å². The highest BCUT2D eigenvalue weighted by Crippen LogP contribution is 2.27. The van der Waals surface area contributed by atoms with Gasteiger partial charge in [-0.2, -0.15) is 0 Å². The first-order valence-corrected chi connectivity index (χ1v) is 8.36. The average Bonchev–Trinajstić information content (AvgIpc) is 2.54. The van der Waals surface area contributed by atoms with E-state index >= 15 is 0 Å². The minimum absolute atomic E-state index is 0.0471. The molecule has 0 aromatic heterocycles. The molecule has 26 heavy (non-hydrogen) atoms. The van der Waals surface area contributed by atoms with Crippen LogP contribution in [-0.4, -0.2) is 55.3 Å². The van der Waals surface area contributed by atoms with Gasteiger partial charge >= 0.3 is 12.1 Å². The average molecular weight is 370 g/mol. The zero-order valence-corrected chi connectivity index (χ0v) is 15.6. The van der Waals surface area contributed by atoms with E-state index in [1.807, 2.05) is 6.92 Å². The fourth-order valence-electron chi connectivity index (χ4n) is 2.82. The number of anilines is 1. The Kier molecular flexibility index (Phi) is 5.73. The molecule has 0 radical (unpaired) electrons. The smallest absolute Gasteiger partial charge is 0.410 e. The first-order valence-electron chi connectivity index (χ1n) is 8.36. The summed E-state index contributed by atoms with van der Waals surface area (Å²) in [6.07, 6.45) is -0.433. The van der Waals surface area contributed by atoms with Crippen molar-refractivity contribution in [2.75, 3.05) is 31.6 Å². The predicted octanol–water partition coefficient (Wildman–Crippen LogP) is 3.20. The molecule has 0 spiro atoms. The van der Waals surface area contributed by atoms with Crippen LogP contribution in [0.15, 0.2) is 12.1 Å².